The molecule has 3 heterocycles. The minimum atomic E-state index is -3.79. The van der Waals surface area contributed by atoms with E-state index in [-0.39, 0.29) is 10.7 Å². The zero-order chi connectivity index (χ0) is 21.1. The van der Waals surface area contributed by atoms with Crippen LogP contribution in [-0.2, 0) is 16.6 Å². The molecule has 0 spiro atoms. The highest BCUT2D eigenvalue weighted by Gasteiger charge is 2.20. The molecule has 1 amide bonds. The molecule has 1 saturated heterocycles. The lowest BCUT2D eigenvalue weighted by Crippen LogP contribution is -2.20. The van der Waals surface area contributed by atoms with E-state index in [4.69, 9.17) is 4.42 Å². The minimum Gasteiger partial charge on any atom is -0.454 e. The first kappa shape index (κ1) is 19.9. The Labute approximate surface area is 174 Å². The second kappa shape index (κ2) is 8.15. The van der Waals surface area contributed by atoms with Crippen LogP contribution >= 0.6 is 0 Å². The predicted octanol–water partition coefficient (Wildman–Crippen LogP) is 2.59. The number of benzene rings is 1. The maximum atomic E-state index is 12.5. The number of sulfonamides is 1. The fourth-order valence-electron chi connectivity index (χ4n) is 3.14. The highest BCUT2D eigenvalue weighted by Crippen LogP contribution is 2.20. The van der Waals surface area contributed by atoms with Crippen LogP contribution in [0.15, 0.2) is 68.6 Å². The summed E-state index contributed by atoms with van der Waals surface area (Å²) in [6.07, 6.45) is 5.01. The van der Waals surface area contributed by atoms with E-state index in [0.29, 0.717) is 30.2 Å². The smallest absolute Gasteiger partial charge is 0.291 e. The molecule has 10 heteroatoms. The van der Waals surface area contributed by atoms with Crippen molar-refractivity contribution < 1.29 is 17.6 Å². The molecule has 30 heavy (non-hydrogen) atoms. The van der Waals surface area contributed by atoms with Crippen molar-refractivity contribution in [3.8, 4) is 0 Å². The molecule has 0 bridgehead atoms. The molecule has 1 aliphatic heterocycles. The summed E-state index contributed by atoms with van der Waals surface area (Å²) in [5.74, 6) is 0.895. The van der Waals surface area contributed by atoms with Gasteiger partial charge in [0.05, 0.1) is 11.4 Å². The number of rotatable bonds is 6. The van der Waals surface area contributed by atoms with Crippen molar-refractivity contribution in [1.82, 2.24) is 14.7 Å². The molecule has 1 N–H and O–H groups in total. The molecule has 156 valence electrons. The number of likely N-dealkylation sites (tertiary alicyclic amines) is 1. The van der Waals surface area contributed by atoms with Gasteiger partial charge in [0.15, 0.2) is 5.76 Å². The van der Waals surface area contributed by atoms with Gasteiger partial charge in [0.25, 0.3) is 15.9 Å². The average Bonchev–Trinajstić information content (AvgIpc) is 3.47. The summed E-state index contributed by atoms with van der Waals surface area (Å²) in [6.45, 7) is 1.22. The molecule has 1 fully saturated rings. The molecule has 1 aliphatic rings. The zero-order valence-corrected chi connectivity index (χ0v) is 17.2. The molecule has 0 atom stereocenters. The van der Waals surface area contributed by atoms with Crippen molar-refractivity contribution in [2.24, 2.45) is 4.40 Å². The topological polar surface area (TPSA) is 110 Å². The maximum absolute atomic E-state index is 12.5. The Morgan fingerprint density at radius 1 is 1.23 bits per heavy atom. The summed E-state index contributed by atoms with van der Waals surface area (Å²) < 4.78 is 36.2. The largest absolute Gasteiger partial charge is 0.454 e. The Morgan fingerprint density at radius 3 is 2.70 bits per heavy atom. The highest BCUT2D eigenvalue weighted by molar-refractivity contribution is 7.90. The zero-order valence-electron chi connectivity index (χ0n) is 16.4. The molecule has 0 unspecified atom stereocenters. The van der Waals surface area contributed by atoms with E-state index < -0.39 is 15.9 Å². The molecule has 2 aromatic heterocycles. The van der Waals surface area contributed by atoms with Crippen LogP contribution in [0.25, 0.3) is 0 Å². The van der Waals surface area contributed by atoms with E-state index in [1.54, 1.807) is 35.3 Å². The summed E-state index contributed by atoms with van der Waals surface area (Å²) >= 11 is 0. The van der Waals surface area contributed by atoms with Crippen molar-refractivity contribution in [2.45, 2.75) is 24.3 Å². The summed E-state index contributed by atoms with van der Waals surface area (Å²) in [5.41, 5.74) is 0.453. The van der Waals surface area contributed by atoms with Gasteiger partial charge >= 0.3 is 0 Å². The number of amidine groups is 1. The third-order valence-electron chi connectivity index (χ3n) is 4.73. The third-order valence-corrected chi connectivity index (χ3v) is 6.05. The number of carbonyl (C=O) groups excluding carboxylic acids is 1. The Morgan fingerprint density at radius 2 is 2.03 bits per heavy atom. The lowest BCUT2D eigenvalue weighted by Gasteiger charge is -2.11. The summed E-state index contributed by atoms with van der Waals surface area (Å²) in [6, 6.07) is 11.0. The number of aromatic nitrogens is 2. The Hall–Kier alpha value is -3.40. The summed E-state index contributed by atoms with van der Waals surface area (Å²) in [4.78, 5) is 14.3. The fourth-order valence-corrected chi connectivity index (χ4v) is 4.24. The number of furan rings is 1. The first-order valence-electron chi connectivity index (χ1n) is 9.43. The molecule has 9 nitrogen and oxygen atoms in total. The number of amides is 1. The van der Waals surface area contributed by atoms with E-state index in [2.05, 4.69) is 14.8 Å². The van der Waals surface area contributed by atoms with E-state index in [9.17, 15) is 13.2 Å². The van der Waals surface area contributed by atoms with Crippen LogP contribution < -0.4 is 5.32 Å². The Balaban J connectivity index is 1.42. The third kappa shape index (κ3) is 4.43. The van der Waals surface area contributed by atoms with Crippen LogP contribution in [0, 0.1) is 0 Å². The van der Waals surface area contributed by atoms with Gasteiger partial charge in [0.1, 0.15) is 11.6 Å². The first-order chi connectivity index (χ1) is 14.4. The van der Waals surface area contributed by atoms with Crippen molar-refractivity contribution in [1.29, 1.82) is 0 Å². The van der Waals surface area contributed by atoms with Crippen LogP contribution in [0.3, 0.4) is 0 Å². The van der Waals surface area contributed by atoms with Gasteiger partial charge in [0.2, 0.25) is 0 Å². The Bertz CT molecular complexity index is 1160. The fraction of sp³-hybridized carbons (Fsp3) is 0.250. The van der Waals surface area contributed by atoms with Gasteiger partial charge in [-0.05, 0) is 48.9 Å². The minimum absolute atomic E-state index is 0.0767. The number of carbonyl (C=O) groups is 1. The lowest BCUT2D eigenvalue weighted by atomic mass is 10.3. The number of nitrogens with zero attached hydrogens (tertiary/aromatic N) is 4. The highest BCUT2D eigenvalue weighted by atomic mass is 32.2. The first-order valence-corrected chi connectivity index (χ1v) is 10.9. The van der Waals surface area contributed by atoms with Gasteiger partial charge in [-0.25, -0.2) is 0 Å². The molecule has 4 rings (SSSR count). The van der Waals surface area contributed by atoms with Crippen molar-refractivity contribution in [3.05, 3.63) is 66.4 Å². The van der Waals surface area contributed by atoms with Crippen molar-refractivity contribution in [3.63, 3.8) is 0 Å². The van der Waals surface area contributed by atoms with Gasteiger partial charge in [-0.3, -0.25) is 9.48 Å². The quantitative estimate of drug-likeness (QED) is 0.648. The number of hydrogen-bond donors (Lipinski definition) is 1. The summed E-state index contributed by atoms with van der Waals surface area (Å²) in [7, 11) is -1.96. The lowest BCUT2D eigenvalue weighted by molar-refractivity contribution is 0.0994. The van der Waals surface area contributed by atoms with Crippen LogP contribution in [0.2, 0.25) is 0 Å². The van der Waals surface area contributed by atoms with E-state index in [1.807, 2.05) is 11.9 Å². The standard InChI is InChI=1S/C20H21N5O4S/c1-24-12-2-4-19(24)23-30(27,28)17-8-5-15(6-9-17)22-20(26)18-10-7-16(29-18)14-25-13-3-11-21-25/h3,5-11,13H,2,4,12,14H2,1H3,(H,22,26)/b23-19+. The van der Waals surface area contributed by atoms with Crippen LogP contribution in [0.4, 0.5) is 5.69 Å². The number of nitrogens with one attached hydrogen (secondary N) is 1. The van der Waals surface area contributed by atoms with Crippen LogP contribution in [-0.4, -0.2) is 48.4 Å². The van der Waals surface area contributed by atoms with Crippen molar-refractivity contribution >= 4 is 27.5 Å². The molecule has 0 saturated carbocycles. The summed E-state index contributed by atoms with van der Waals surface area (Å²) in [5, 5.41) is 6.79. The van der Waals surface area contributed by atoms with E-state index >= 15 is 0 Å². The van der Waals surface area contributed by atoms with E-state index in [1.165, 1.54) is 24.3 Å². The van der Waals surface area contributed by atoms with Crippen molar-refractivity contribution in [2.75, 3.05) is 18.9 Å². The number of hydrogen-bond acceptors (Lipinski definition) is 5. The van der Waals surface area contributed by atoms with Gasteiger partial charge in [-0.1, -0.05) is 0 Å². The van der Waals surface area contributed by atoms with Crippen LogP contribution in [0.1, 0.15) is 29.2 Å². The van der Waals surface area contributed by atoms with Gasteiger partial charge in [0, 0.05) is 38.1 Å². The molecular weight excluding hydrogens is 406 g/mol. The van der Waals surface area contributed by atoms with Gasteiger partial charge < -0.3 is 14.6 Å². The molecular formula is C20H21N5O4S. The average molecular weight is 427 g/mol. The normalized spacial score (nSPS) is 15.6. The second-order valence-corrected chi connectivity index (χ2v) is 8.56. The van der Waals surface area contributed by atoms with Crippen LogP contribution in [0.5, 0.6) is 0 Å². The molecule has 3 aromatic rings. The van der Waals surface area contributed by atoms with Gasteiger partial charge in [-0.15, -0.1) is 4.40 Å². The SMILES string of the molecule is CN1CCC/C1=N\S(=O)(=O)c1ccc(NC(=O)c2ccc(Cn3cccn3)o2)cc1. The monoisotopic (exact) mass is 427 g/mol. The number of anilines is 1. The molecule has 1 aromatic carbocycles. The molecule has 0 radical (unpaired) electrons. The van der Waals surface area contributed by atoms with Gasteiger partial charge in [-0.2, -0.15) is 13.5 Å². The Kier molecular flexibility index (Phi) is 5.40. The second-order valence-electron chi connectivity index (χ2n) is 6.96. The molecule has 0 aliphatic carbocycles. The van der Waals surface area contributed by atoms with E-state index in [0.717, 1.165) is 13.0 Å². The predicted molar refractivity (Wildman–Crippen MR) is 111 cm³/mol. The maximum Gasteiger partial charge on any atom is 0.291 e.